The maximum atomic E-state index is 5.70. The number of aryl methyl sites for hydroxylation is 1. The fourth-order valence-corrected chi connectivity index (χ4v) is 2.41. The minimum Gasteiger partial charge on any atom is -0.381 e. The van der Waals surface area contributed by atoms with Crippen LogP contribution in [0.1, 0.15) is 29.2 Å². The number of rotatable bonds is 3. The molecule has 0 amide bonds. The molecule has 2 unspecified atom stereocenters. The standard InChI is InChI=1S/C13H20N2O/c1-9-4-3-5-12(10(9)2)13(15-14)11-6-7-16-8-11/h3-5,11,13,15H,6-8,14H2,1-2H3. The first-order chi connectivity index (χ1) is 7.74. The van der Waals surface area contributed by atoms with Crippen LogP contribution in [-0.2, 0) is 4.74 Å². The molecule has 1 heterocycles. The summed E-state index contributed by atoms with van der Waals surface area (Å²) in [6, 6.07) is 6.60. The van der Waals surface area contributed by atoms with Crippen LogP contribution >= 0.6 is 0 Å². The minimum absolute atomic E-state index is 0.211. The zero-order valence-electron chi connectivity index (χ0n) is 9.99. The van der Waals surface area contributed by atoms with Crippen molar-refractivity contribution in [2.45, 2.75) is 26.3 Å². The normalized spacial score (nSPS) is 22.3. The molecule has 1 aromatic carbocycles. The molecule has 0 radical (unpaired) electrons. The van der Waals surface area contributed by atoms with E-state index >= 15 is 0 Å². The second kappa shape index (κ2) is 4.95. The molecule has 0 aliphatic carbocycles. The monoisotopic (exact) mass is 220 g/mol. The lowest BCUT2D eigenvalue weighted by molar-refractivity contribution is 0.176. The van der Waals surface area contributed by atoms with E-state index in [2.05, 4.69) is 37.5 Å². The summed E-state index contributed by atoms with van der Waals surface area (Å²) in [7, 11) is 0. The van der Waals surface area contributed by atoms with Crippen LogP contribution in [0.2, 0.25) is 0 Å². The van der Waals surface area contributed by atoms with E-state index in [9.17, 15) is 0 Å². The Labute approximate surface area is 97.0 Å². The fraction of sp³-hybridized carbons (Fsp3) is 0.538. The van der Waals surface area contributed by atoms with Gasteiger partial charge in [0.1, 0.15) is 0 Å². The summed E-state index contributed by atoms with van der Waals surface area (Å²) < 4.78 is 5.44. The van der Waals surface area contributed by atoms with Gasteiger partial charge < -0.3 is 4.74 Å². The number of hydrogen-bond acceptors (Lipinski definition) is 3. The van der Waals surface area contributed by atoms with Gasteiger partial charge in [-0.15, -0.1) is 0 Å². The van der Waals surface area contributed by atoms with Gasteiger partial charge in [0.2, 0.25) is 0 Å². The molecule has 3 heteroatoms. The average molecular weight is 220 g/mol. The van der Waals surface area contributed by atoms with Crippen molar-refractivity contribution in [1.29, 1.82) is 0 Å². The number of hydrazine groups is 1. The first kappa shape index (κ1) is 11.6. The quantitative estimate of drug-likeness (QED) is 0.603. The number of nitrogens with two attached hydrogens (primary N) is 1. The van der Waals surface area contributed by atoms with E-state index in [-0.39, 0.29) is 6.04 Å². The molecule has 1 aromatic rings. The van der Waals surface area contributed by atoms with Gasteiger partial charge in [-0.05, 0) is 37.0 Å². The Morgan fingerprint density at radius 1 is 1.44 bits per heavy atom. The van der Waals surface area contributed by atoms with Gasteiger partial charge in [-0.3, -0.25) is 11.3 Å². The molecular weight excluding hydrogens is 200 g/mol. The highest BCUT2D eigenvalue weighted by molar-refractivity contribution is 5.35. The molecule has 3 N–H and O–H groups in total. The summed E-state index contributed by atoms with van der Waals surface area (Å²) in [5.74, 6) is 6.19. The minimum atomic E-state index is 0.211. The molecule has 1 saturated heterocycles. The summed E-state index contributed by atoms with van der Waals surface area (Å²) in [4.78, 5) is 0. The zero-order chi connectivity index (χ0) is 11.5. The Morgan fingerprint density at radius 3 is 2.88 bits per heavy atom. The highest BCUT2D eigenvalue weighted by atomic mass is 16.5. The third-order valence-electron chi connectivity index (χ3n) is 3.60. The van der Waals surface area contributed by atoms with Crippen LogP contribution in [0.15, 0.2) is 18.2 Å². The van der Waals surface area contributed by atoms with E-state index in [1.54, 1.807) is 0 Å². The first-order valence-electron chi connectivity index (χ1n) is 5.84. The van der Waals surface area contributed by atoms with Gasteiger partial charge in [0.05, 0.1) is 12.6 Å². The van der Waals surface area contributed by atoms with Crippen LogP contribution in [0.4, 0.5) is 0 Å². The lowest BCUT2D eigenvalue weighted by Crippen LogP contribution is -2.34. The van der Waals surface area contributed by atoms with E-state index in [0.29, 0.717) is 5.92 Å². The molecule has 3 nitrogen and oxygen atoms in total. The SMILES string of the molecule is Cc1cccc(C(NN)C2CCOC2)c1C. The largest absolute Gasteiger partial charge is 0.381 e. The smallest absolute Gasteiger partial charge is 0.0513 e. The van der Waals surface area contributed by atoms with Crippen molar-refractivity contribution in [3.8, 4) is 0 Å². The predicted octanol–water partition coefficient (Wildman–Crippen LogP) is 1.84. The average Bonchev–Trinajstić information content (AvgIpc) is 2.79. The topological polar surface area (TPSA) is 47.3 Å². The number of benzene rings is 1. The fourth-order valence-electron chi connectivity index (χ4n) is 2.41. The number of nitrogens with one attached hydrogen (secondary N) is 1. The number of ether oxygens (including phenoxy) is 1. The molecule has 1 aliphatic rings. The first-order valence-corrected chi connectivity index (χ1v) is 5.84. The van der Waals surface area contributed by atoms with Gasteiger partial charge in [0.15, 0.2) is 0 Å². The predicted molar refractivity (Wildman–Crippen MR) is 64.9 cm³/mol. The van der Waals surface area contributed by atoms with Crippen LogP contribution in [-0.4, -0.2) is 13.2 Å². The second-order valence-corrected chi connectivity index (χ2v) is 4.56. The Hall–Kier alpha value is -0.900. The van der Waals surface area contributed by atoms with Crippen LogP contribution < -0.4 is 11.3 Å². The summed E-state index contributed by atoms with van der Waals surface area (Å²) in [5, 5.41) is 0. The van der Waals surface area contributed by atoms with Gasteiger partial charge in [-0.2, -0.15) is 0 Å². The van der Waals surface area contributed by atoms with Gasteiger partial charge in [-0.25, -0.2) is 0 Å². The molecular formula is C13H20N2O. The van der Waals surface area contributed by atoms with Crippen molar-refractivity contribution in [2.24, 2.45) is 11.8 Å². The van der Waals surface area contributed by atoms with E-state index in [0.717, 1.165) is 19.6 Å². The molecule has 2 atom stereocenters. The van der Waals surface area contributed by atoms with Crippen molar-refractivity contribution in [1.82, 2.24) is 5.43 Å². The van der Waals surface area contributed by atoms with Crippen molar-refractivity contribution in [3.05, 3.63) is 34.9 Å². The lowest BCUT2D eigenvalue weighted by atomic mass is 9.89. The lowest BCUT2D eigenvalue weighted by Gasteiger charge is -2.24. The summed E-state index contributed by atoms with van der Waals surface area (Å²) in [5.41, 5.74) is 6.90. The third-order valence-corrected chi connectivity index (χ3v) is 3.60. The Kier molecular flexibility index (Phi) is 3.59. The maximum Gasteiger partial charge on any atom is 0.0513 e. The van der Waals surface area contributed by atoms with Crippen molar-refractivity contribution < 1.29 is 4.74 Å². The van der Waals surface area contributed by atoms with Crippen LogP contribution in [0.5, 0.6) is 0 Å². The molecule has 2 rings (SSSR count). The molecule has 0 spiro atoms. The Morgan fingerprint density at radius 2 is 2.25 bits per heavy atom. The van der Waals surface area contributed by atoms with Crippen LogP contribution in [0, 0.1) is 19.8 Å². The Balaban J connectivity index is 2.28. The van der Waals surface area contributed by atoms with Gasteiger partial charge in [-0.1, -0.05) is 18.2 Å². The third kappa shape index (κ3) is 2.12. The molecule has 0 aromatic heterocycles. The maximum absolute atomic E-state index is 5.70. The highest BCUT2D eigenvalue weighted by Gasteiger charge is 2.27. The second-order valence-electron chi connectivity index (χ2n) is 4.56. The zero-order valence-corrected chi connectivity index (χ0v) is 9.99. The van der Waals surface area contributed by atoms with Crippen molar-refractivity contribution in [3.63, 3.8) is 0 Å². The summed E-state index contributed by atoms with van der Waals surface area (Å²) in [6.45, 7) is 5.96. The van der Waals surface area contributed by atoms with Gasteiger partial charge >= 0.3 is 0 Å². The summed E-state index contributed by atoms with van der Waals surface area (Å²) in [6.07, 6.45) is 1.09. The van der Waals surface area contributed by atoms with E-state index in [4.69, 9.17) is 10.6 Å². The van der Waals surface area contributed by atoms with Crippen LogP contribution in [0.25, 0.3) is 0 Å². The number of hydrogen-bond donors (Lipinski definition) is 2. The molecule has 1 fully saturated rings. The highest BCUT2D eigenvalue weighted by Crippen LogP contribution is 2.30. The van der Waals surface area contributed by atoms with Crippen molar-refractivity contribution in [2.75, 3.05) is 13.2 Å². The molecule has 0 bridgehead atoms. The van der Waals surface area contributed by atoms with E-state index in [1.165, 1.54) is 16.7 Å². The molecule has 16 heavy (non-hydrogen) atoms. The molecule has 88 valence electrons. The van der Waals surface area contributed by atoms with Crippen LogP contribution in [0.3, 0.4) is 0 Å². The Bertz CT molecular complexity index is 359. The molecule has 0 saturated carbocycles. The molecule has 1 aliphatic heterocycles. The summed E-state index contributed by atoms with van der Waals surface area (Å²) >= 11 is 0. The van der Waals surface area contributed by atoms with E-state index in [1.807, 2.05) is 0 Å². The van der Waals surface area contributed by atoms with Crippen molar-refractivity contribution >= 4 is 0 Å². The van der Waals surface area contributed by atoms with Gasteiger partial charge in [0, 0.05) is 12.5 Å². The van der Waals surface area contributed by atoms with E-state index < -0.39 is 0 Å². The van der Waals surface area contributed by atoms with Gasteiger partial charge in [0.25, 0.3) is 0 Å².